The highest BCUT2D eigenvalue weighted by Gasteiger charge is 2.30. The van der Waals surface area contributed by atoms with Crippen molar-refractivity contribution < 1.29 is 8.83 Å². The molecule has 0 aliphatic carbocycles. The Morgan fingerprint density at radius 2 is 0.557 bits per heavy atom. The smallest absolute Gasteiger partial charge is 0.159 e. The van der Waals surface area contributed by atoms with Crippen LogP contribution in [0.3, 0.4) is 0 Å². The first-order valence-electron chi connectivity index (χ1n) is 30.1. The van der Waals surface area contributed by atoms with Crippen molar-refractivity contribution in [2.75, 3.05) is 9.80 Å². The molecule has 2 aromatic heterocycles. The van der Waals surface area contributed by atoms with Gasteiger partial charge in [-0.25, -0.2) is 0 Å². The second-order valence-corrected chi connectivity index (χ2v) is 23.0. The maximum Gasteiger partial charge on any atom is 0.159 e. The van der Waals surface area contributed by atoms with E-state index in [1.54, 1.807) is 0 Å². The molecule has 2 heterocycles. The van der Waals surface area contributed by atoms with Gasteiger partial charge in [-0.1, -0.05) is 267 Å². The zero-order valence-electron chi connectivity index (χ0n) is 47.7. The molecule has 0 fully saturated rings. The third kappa shape index (κ3) is 7.79. The van der Waals surface area contributed by atoms with Gasteiger partial charge in [-0.05, 0) is 114 Å². The number of para-hydroxylation sites is 4. The highest BCUT2D eigenvalue weighted by atomic mass is 16.3. The van der Waals surface area contributed by atoms with Gasteiger partial charge in [0.15, 0.2) is 11.2 Å². The van der Waals surface area contributed by atoms with E-state index in [-0.39, 0.29) is 0 Å². The number of fused-ring (bicyclic) bond motifs is 8. The molecule has 0 unspecified atom stereocenters. The standard InChI is InChI=1S/C84H52N2O2/c1-5-19-53(20-6-1)61-37-35-57-39-45-63(55-23-9-3-10-24-55)81(71(57)51-61)85(75-31-17-29-67-65-27-13-15-33-77(65)87-83(67)75)73-49-43-59-42-48-70-74(50-44-60-41-47-69(73)79(59)80(60)70)86(76-32-18-30-68-66-28-14-16-34-78(66)88-84(68)76)82-64(56-25-11-4-12-26-56)46-40-58-36-38-62(52-72(58)82)54-21-7-2-8-22-54/h1-52H. The van der Waals surface area contributed by atoms with Crippen LogP contribution in [0, 0.1) is 0 Å². The first kappa shape index (κ1) is 49.7. The van der Waals surface area contributed by atoms with Crippen molar-refractivity contribution in [1.29, 1.82) is 0 Å². The summed E-state index contributed by atoms with van der Waals surface area (Å²) in [4.78, 5) is 5.02. The van der Waals surface area contributed by atoms with Gasteiger partial charge in [0.2, 0.25) is 0 Å². The van der Waals surface area contributed by atoms with E-state index in [9.17, 15) is 0 Å². The van der Waals surface area contributed by atoms with Gasteiger partial charge in [-0.2, -0.15) is 0 Å². The minimum atomic E-state index is 0.821. The van der Waals surface area contributed by atoms with Crippen LogP contribution in [0.1, 0.15) is 0 Å². The van der Waals surface area contributed by atoms with Gasteiger partial charge >= 0.3 is 0 Å². The van der Waals surface area contributed by atoms with Crippen LogP contribution in [0.4, 0.5) is 34.1 Å². The van der Waals surface area contributed by atoms with Crippen molar-refractivity contribution in [2.45, 2.75) is 0 Å². The molecule has 0 amide bonds. The fraction of sp³-hybridized carbons (Fsp3) is 0. The Morgan fingerprint density at radius 1 is 0.205 bits per heavy atom. The second kappa shape index (κ2) is 20.0. The van der Waals surface area contributed by atoms with E-state index < -0.39 is 0 Å². The topological polar surface area (TPSA) is 32.8 Å². The van der Waals surface area contributed by atoms with Crippen LogP contribution in [-0.4, -0.2) is 0 Å². The number of hydrogen-bond acceptors (Lipinski definition) is 4. The molecule has 0 aliphatic heterocycles. The molecule has 18 rings (SSSR count). The van der Waals surface area contributed by atoms with E-state index in [0.29, 0.717) is 0 Å². The van der Waals surface area contributed by atoms with Crippen molar-refractivity contribution in [1.82, 2.24) is 0 Å². The van der Waals surface area contributed by atoms with E-state index >= 15 is 0 Å². The van der Waals surface area contributed by atoms with E-state index in [1.165, 1.54) is 10.8 Å². The van der Waals surface area contributed by atoms with Crippen LogP contribution in [0.5, 0.6) is 0 Å². The number of rotatable bonds is 10. The third-order valence-electron chi connectivity index (χ3n) is 18.2. The fourth-order valence-electron chi connectivity index (χ4n) is 14.1. The molecule has 4 heteroatoms. The summed E-state index contributed by atoms with van der Waals surface area (Å²) in [6.45, 7) is 0. The van der Waals surface area contributed by atoms with Gasteiger partial charge in [0.25, 0.3) is 0 Å². The van der Waals surface area contributed by atoms with E-state index in [4.69, 9.17) is 8.83 Å². The Hall–Kier alpha value is -11.7. The minimum Gasteiger partial charge on any atom is -0.454 e. The summed E-state index contributed by atoms with van der Waals surface area (Å²) in [7, 11) is 0. The lowest BCUT2D eigenvalue weighted by atomic mass is 9.90. The van der Waals surface area contributed by atoms with Gasteiger partial charge in [-0.3, -0.25) is 0 Å². The number of furan rings is 2. The average molecular weight is 1120 g/mol. The van der Waals surface area contributed by atoms with Gasteiger partial charge in [0.1, 0.15) is 11.2 Å². The Kier molecular flexibility index (Phi) is 11.3. The molecule has 18 aromatic rings. The molecule has 16 aromatic carbocycles. The first-order valence-corrected chi connectivity index (χ1v) is 30.1. The zero-order chi connectivity index (χ0) is 57.8. The second-order valence-electron chi connectivity index (χ2n) is 23.0. The van der Waals surface area contributed by atoms with Gasteiger partial charge < -0.3 is 18.6 Å². The van der Waals surface area contributed by atoms with Crippen LogP contribution in [0.2, 0.25) is 0 Å². The van der Waals surface area contributed by atoms with Crippen molar-refractivity contribution in [3.8, 4) is 44.5 Å². The van der Waals surface area contributed by atoms with E-state index in [2.05, 4.69) is 325 Å². The van der Waals surface area contributed by atoms with Gasteiger partial charge in [-0.15, -0.1) is 0 Å². The Bertz CT molecular complexity index is 5380. The Balaban J connectivity index is 0.960. The molecule has 0 radical (unpaired) electrons. The summed E-state index contributed by atoms with van der Waals surface area (Å²) in [5.41, 5.74) is 18.5. The lowest BCUT2D eigenvalue weighted by Crippen LogP contribution is -2.14. The van der Waals surface area contributed by atoms with Crippen LogP contribution >= 0.6 is 0 Å². The number of hydrogen-bond donors (Lipinski definition) is 0. The average Bonchev–Trinajstić information content (AvgIpc) is 1.33. The molecule has 0 N–H and O–H groups in total. The molecule has 0 spiro atoms. The molecule has 0 bridgehead atoms. The van der Waals surface area contributed by atoms with Crippen molar-refractivity contribution in [2.24, 2.45) is 0 Å². The predicted molar refractivity (Wildman–Crippen MR) is 371 cm³/mol. The van der Waals surface area contributed by atoms with Crippen LogP contribution < -0.4 is 9.80 Å². The van der Waals surface area contributed by atoms with Crippen LogP contribution in [0.25, 0.3) is 142 Å². The summed E-state index contributed by atoms with van der Waals surface area (Å²) >= 11 is 0. The lowest BCUT2D eigenvalue weighted by Gasteiger charge is -2.32. The molecular weight excluding hydrogens is 1070 g/mol. The Labute approximate surface area is 507 Å². The summed E-state index contributed by atoms with van der Waals surface area (Å²) in [5.74, 6) is 0. The predicted octanol–water partition coefficient (Wildman–Crippen LogP) is 24.3. The highest BCUT2D eigenvalue weighted by Crippen LogP contribution is 2.55. The lowest BCUT2D eigenvalue weighted by molar-refractivity contribution is 0.669. The van der Waals surface area contributed by atoms with Gasteiger partial charge in [0.05, 0.1) is 34.1 Å². The molecule has 0 aliphatic rings. The number of anilines is 6. The third-order valence-corrected chi connectivity index (χ3v) is 18.2. The summed E-state index contributed by atoms with van der Waals surface area (Å²) in [6, 6.07) is 115. The van der Waals surface area contributed by atoms with Gasteiger partial charge in [0, 0.05) is 54.2 Å². The number of benzene rings is 16. The quantitative estimate of drug-likeness (QED) is 0.128. The summed E-state index contributed by atoms with van der Waals surface area (Å²) in [5, 5.41) is 15.7. The monoisotopic (exact) mass is 1120 g/mol. The fourth-order valence-corrected chi connectivity index (χ4v) is 14.1. The largest absolute Gasteiger partial charge is 0.454 e. The highest BCUT2D eigenvalue weighted by molar-refractivity contribution is 6.30. The molecule has 410 valence electrons. The SMILES string of the molecule is c1ccc(-c2ccc3ccc(-c4ccccc4)c(N(c4ccc5ccc6c(N(c7c(-c8ccccc8)ccc8ccc(-c9ccccc9)cc78)c7cccc8c7oc7ccccc78)ccc7ccc4c5c76)c4cccc5c4oc4ccccc45)c3c2)cc1. The molecule has 0 atom stereocenters. The summed E-state index contributed by atoms with van der Waals surface area (Å²) in [6.07, 6.45) is 0. The van der Waals surface area contributed by atoms with Crippen molar-refractivity contribution in [3.63, 3.8) is 0 Å². The van der Waals surface area contributed by atoms with Crippen molar-refractivity contribution >= 4 is 132 Å². The maximum atomic E-state index is 7.11. The van der Waals surface area contributed by atoms with Crippen molar-refractivity contribution in [3.05, 3.63) is 315 Å². The van der Waals surface area contributed by atoms with Crippen LogP contribution in [-0.2, 0) is 0 Å². The molecular formula is C84H52N2O2. The zero-order valence-corrected chi connectivity index (χ0v) is 47.7. The van der Waals surface area contributed by atoms with E-state index in [1.807, 2.05) is 0 Å². The Morgan fingerprint density at radius 3 is 0.989 bits per heavy atom. The maximum absolute atomic E-state index is 7.11. The van der Waals surface area contributed by atoms with Crippen LogP contribution in [0.15, 0.2) is 324 Å². The molecule has 0 saturated carbocycles. The minimum absolute atomic E-state index is 0.821. The normalized spacial score (nSPS) is 11.9. The first-order chi connectivity index (χ1) is 43.7. The van der Waals surface area contributed by atoms with E-state index in [0.717, 1.165) is 166 Å². The summed E-state index contributed by atoms with van der Waals surface area (Å²) < 4.78 is 14.2. The number of nitrogens with zero attached hydrogens (tertiary/aromatic N) is 2. The molecule has 88 heavy (non-hydrogen) atoms. The molecule has 4 nitrogen and oxygen atoms in total. The molecule has 0 saturated heterocycles.